The molecule has 0 saturated heterocycles. The Morgan fingerprint density at radius 2 is 1.89 bits per heavy atom. The maximum absolute atomic E-state index is 12.2. The molecule has 0 unspecified atom stereocenters. The average molecular weight is 417 g/mol. The summed E-state index contributed by atoms with van der Waals surface area (Å²) in [5, 5.41) is 4.29. The van der Waals surface area contributed by atoms with Gasteiger partial charge in [-0.25, -0.2) is 10.4 Å². The molecular weight excluding hydrogens is 402 g/mol. The highest BCUT2D eigenvalue weighted by atomic mass is 32.2. The van der Waals surface area contributed by atoms with E-state index in [-0.39, 0.29) is 34.6 Å². The maximum Gasteiger partial charge on any atom is 0.339 e. The van der Waals surface area contributed by atoms with Crippen molar-refractivity contribution in [2.24, 2.45) is 10.1 Å². The molecule has 0 bridgehead atoms. The van der Waals surface area contributed by atoms with Crippen molar-refractivity contribution in [3.63, 3.8) is 0 Å². The first-order chi connectivity index (χ1) is 13.4. The molecule has 2 aromatic carbocycles. The number of hydrogen-bond acceptors (Lipinski definition) is 7. The number of hydrazone groups is 1. The van der Waals surface area contributed by atoms with Crippen LogP contribution in [0.1, 0.15) is 12.0 Å². The van der Waals surface area contributed by atoms with E-state index >= 15 is 0 Å². The number of nitrogens with one attached hydrogen (secondary N) is 1. The van der Waals surface area contributed by atoms with Gasteiger partial charge in [-0.1, -0.05) is 18.2 Å². The van der Waals surface area contributed by atoms with Crippen molar-refractivity contribution in [2.45, 2.75) is 11.3 Å². The standard InChI is InChI=1S/C18H15N3O5S2/c22-16(10-18-20-17(23)12-27-18)21-19-11-13-6-8-14(9-7-13)26-28(24,25)15-4-2-1-3-5-15/h1-9,11H,10,12H2,(H,21,22)/b19-11+. The second-order valence-corrected chi connectivity index (χ2v) is 8.17. The zero-order valence-corrected chi connectivity index (χ0v) is 16.1. The van der Waals surface area contributed by atoms with Crippen molar-refractivity contribution < 1.29 is 22.2 Å². The van der Waals surface area contributed by atoms with Gasteiger partial charge in [0, 0.05) is 0 Å². The van der Waals surface area contributed by atoms with Crippen molar-refractivity contribution in [1.29, 1.82) is 0 Å². The molecule has 1 heterocycles. The Balaban J connectivity index is 1.54. The van der Waals surface area contributed by atoms with Crippen LogP contribution in [0.4, 0.5) is 0 Å². The molecule has 0 aliphatic carbocycles. The monoisotopic (exact) mass is 417 g/mol. The zero-order valence-electron chi connectivity index (χ0n) is 14.4. The Morgan fingerprint density at radius 1 is 1.18 bits per heavy atom. The first-order valence-corrected chi connectivity index (χ1v) is 10.5. The van der Waals surface area contributed by atoms with Crippen LogP contribution in [0.25, 0.3) is 0 Å². The van der Waals surface area contributed by atoms with Crippen LogP contribution in [0.2, 0.25) is 0 Å². The molecule has 2 amide bonds. The SMILES string of the molecule is O=C1CSC(CC(=O)N/N=C/c2ccc(OS(=O)(=O)c3ccccc3)cc2)=N1. The van der Waals surface area contributed by atoms with E-state index in [1.54, 1.807) is 30.3 Å². The van der Waals surface area contributed by atoms with Crippen LogP contribution in [-0.4, -0.2) is 37.2 Å². The van der Waals surface area contributed by atoms with Crippen molar-refractivity contribution in [2.75, 3.05) is 5.75 Å². The summed E-state index contributed by atoms with van der Waals surface area (Å²) in [4.78, 5) is 26.5. The van der Waals surface area contributed by atoms with E-state index in [1.807, 2.05) is 0 Å². The molecule has 0 fully saturated rings. The molecule has 3 rings (SSSR count). The van der Waals surface area contributed by atoms with Crippen LogP contribution >= 0.6 is 11.8 Å². The number of hydrogen-bond donors (Lipinski definition) is 1. The minimum atomic E-state index is -3.90. The fourth-order valence-electron chi connectivity index (χ4n) is 2.17. The van der Waals surface area contributed by atoms with Crippen LogP contribution in [0.3, 0.4) is 0 Å². The van der Waals surface area contributed by atoms with Gasteiger partial charge in [-0.05, 0) is 42.0 Å². The summed E-state index contributed by atoms with van der Waals surface area (Å²) in [6, 6.07) is 14.0. The van der Waals surface area contributed by atoms with Crippen LogP contribution in [0, 0.1) is 0 Å². The molecule has 144 valence electrons. The van der Waals surface area contributed by atoms with E-state index in [9.17, 15) is 18.0 Å². The lowest BCUT2D eigenvalue weighted by Gasteiger charge is -2.06. The van der Waals surface area contributed by atoms with E-state index in [0.717, 1.165) is 0 Å². The zero-order chi connectivity index (χ0) is 20.0. The Kier molecular flexibility index (Phi) is 6.22. The molecule has 10 heteroatoms. The van der Waals surface area contributed by atoms with Crippen LogP contribution in [0.15, 0.2) is 69.6 Å². The fourth-order valence-corrected chi connectivity index (χ4v) is 3.87. The number of carbonyl (C=O) groups is 2. The van der Waals surface area contributed by atoms with Crippen LogP contribution < -0.4 is 9.61 Å². The molecule has 1 aliphatic rings. The third kappa shape index (κ3) is 5.51. The minimum absolute atomic E-state index is 0.00211. The predicted octanol–water partition coefficient (Wildman–Crippen LogP) is 1.97. The van der Waals surface area contributed by atoms with Gasteiger partial charge in [0.25, 0.3) is 5.91 Å². The van der Waals surface area contributed by atoms with Gasteiger partial charge in [0.15, 0.2) is 0 Å². The van der Waals surface area contributed by atoms with Gasteiger partial charge >= 0.3 is 10.1 Å². The van der Waals surface area contributed by atoms with Gasteiger partial charge in [-0.2, -0.15) is 13.5 Å². The molecule has 28 heavy (non-hydrogen) atoms. The summed E-state index contributed by atoms with van der Waals surface area (Å²) in [6.45, 7) is 0. The molecule has 0 atom stereocenters. The third-order valence-corrected chi connectivity index (χ3v) is 5.67. The molecule has 2 aromatic rings. The Labute approximate surface area is 165 Å². The lowest BCUT2D eigenvalue weighted by molar-refractivity contribution is -0.119. The van der Waals surface area contributed by atoms with Crippen molar-refractivity contribution >= 4 is 45.0 Å². The topological polar surface area (TPSA) is 114 Å². The van der Waals surface area contributed by atoms with Gasteiger partial charge in [-0.3, -0.25) is 9.59 Å². The van der Waals surface area contributed by atoms with E-state index in [0.29, 0.717) is 10.6 Å². The first kappa shape index (κ1) is 19.8. The number of thioether (sulfide) groups is 1. The quantitative estimate of drug-likeness (QED) is 0.418. The Hall–Kier alpha value is -2.98. The number of aliphatic imine (C=N–C) groups is 1. The predicted molar refractivity (Wildman–Crippen MR) is 106 cm³/mol. The highest BCUT2D eigenvalue weighted by molar-refractivity contribution is 8.15. The van der Waals surface area contributed by atoms with E-state index < -0.39 is 10.1 Å². The number of nitrogens with zero attached hydrogens (tertiary/aromatic N) is 2. The van der Waals surface area contributed by atoms with Gasteiger partial charge in [-0.15, -0.1) is 11.8 Å². The summed E-state index contributed by atoms with van der Waals surface area (Å²) < 4.78 is 29.4. The first-order valence-electron chi connectivity index (χ1n) is 8.07. The van der Waals surface area contributed by atoms with Crippen molar-refractivity contribution in [1.82, 2.24) is 5.43 Å². The number of amides is 2. The Bertz CT molecular complexity index is 1030. The fraction of sp³-hybridized carbons (Fsp3) is 0.111. The highest BCUT2D eigenvalue weighted by Gasteiger charge is 2.17. The Morgan fingerprint density at radius 3 is 2.54 bits per heavy atom. The molecule has 0 radical (unpaired) electrons. The maximum atomic E-state index is 12.2. The van der Waals surface area contributed by atoms with Crippen molar-refractivity contribution in [3.8, 4) is 5.75 Å². The largest absolute Gasteiger partial charge is 0.379 e. The number of rotatable bonds is 7. The molecule has 8 nitrogen and oxygen atoms in total. The summed E-state index contributed by atoms with van der Waals surface area (Å²) >= 11 is 1.24. The molecular formula is C18H15N3O5S2. The second-order valence-electron chi connectivity index (χ2n) is 5.58. The number of carbonyl (C=O) groups excluding carboxylic acids is 2. The second kappa shape index (κ2) is 8.81. The van der Waals surface area contributed by atoms with Gasteiger partial charge in [0.1, 0.15) is 10.6 Å². The lowest BCUT2D eigenvalue weighted by Crippen LogP contribution is -2.19. The third-order valence-electron chi connectivity index (χ3n) is 3.44. The summed E-state index contributed by atoms with van der Waals surface area (Å²) in [7, 11) is -3.90. The molecule has 1 aliphatic heterocycles. The smallest absolute Gasteiger partial charge is 0.339 e. The van der Waals surface area contributed by atoms with Gasteiger partial charge < -0.3 is 4.18 Å². The average Bonchev–Trinajstić information content (AvgIpc) is 3.08. The molecule has 0 saturated carbocycles. The van der Waals surface area contributed by atoms with E-state index in [2.05, 4.69) is 15.5 Å². The highest BCUT2D eigenvalue weighted by Crippen LogP contribution is 2.18. The molecule has 1 N–H and O–H groups in total. The molecule has 0 aromatic heterocycles. The van der Waals surface area contributed by atoms with Crippen LogP contribution in [-0.2, 0) is 19.7 Å². The molecule has 0 spiro atoms. The summed E-state index contributed by atoms with van der Waals surface area (Å²) in [5.74, 6) is -0.203. The normalized spacial score (nSPS) is 14.1. The summed E-state index contributed by atoms with van der Waals surface area (Å²) in [5.41, 5.74) is 2.98. The van der Waals surface area contributed by atoms with Crippen molar-refractivity contribution in [3.05, 3.63) is 60.2 Å². The van der Waals surface area contributed by atoms with Gasteiger partial charge in [0.2, 0.25) is 5.91 Å². The van der Waals surface area contributed by atoms with Gasteiger partial charge in [0.05, 0.1) is 23.4 Å². The summed E-state index contributed by atoms with van der Waals surface area (Å²) in [6.07, 6.45) is 1.40. The lowest BCUT2D eigenvalue weighted by atomic mass is 10.2. The van der Waals surface area contributed by atoms with E-state index in [1.165, 1.54) is 42.2 Å². The number of benzene rings is 2. The van der Waals surface area contributed by atoms with Crippen LogP contribution in [0.5, 0.6) is 5.75 Å². The minimum Gasteiger partial charge on any atom is -0.379 e. The van der Waals surface area contributed by atoms with E-state index in [4.69, 9.17) is 4.18 Å².